The van der Waals surface area contributed by atoms with Crippen molar-refractivity contribution in [2.75, 3.05) is 38.8 Å². The van der Waals surface area contributed by atoms with E-state index in [0.29, 0.717) is 23.4 Å². The van der Waals surface area contributed by atoms with Gasteiger partial charge < -0.3 is 35.1 Å². The van der Waals surface area contributed by atoms with E-state index in [1.165, 1.54) is 107 Å². The normalized spacial score (nSPS) is 21.0. The van der Waals surface area contributed by atoms with E-state index in [9.17, 15) is 29.3 Å². The summed E-state index contributed by atoms with van der Waals surface area (Å²) in [6.45, 7) is 3.38. The summed E-state index contributed by atoms with van der Waals surface area (Å²) < 4.78 is 57.0. The van der Waals surface area contributed by atoms with Crippen molar-refractivity contribution in [2.45, 2.75) is 153 Å². The van der Waals surface area contributed by atoms with Crippen LogP contribution in [0.25, 0.3) is 5.52 Å². The second-order valence-electron chi connectivity index (χ2n) is 15.6. The maximum atomic E-state index is 14.0. The van der Waals surface area contributed by atoms with Gasteiger partial charge in [-0.25, -0.2) is 18.5 Å². The number of nitrogens with zero attached hydrogens (tertiary/aromatic N) is 4. The highest BCUT2D eigenvalue weighted by Gasteiger charge is 2.53. The molecule has 0 radical (unpaired) electrons. The van der Waals surface area contributed by atoms with Crippen molar-refractivity contribution in [3.8, 4) is 6.07 Å². The number of nitrogen functional groups attached to an aromatic ring is 1. The molecule has 6 atom stereocenters. The average molecular weight is 834 g/mol. The first-order chi connectivity index (χ1) is 28.0. The summed E-state index contributed by atoms with van der Waals surface area (Å²) in [5, 5.41) is 35.2. The zero-order valence-corrected chi connectivity index (χ0v) is 35.2. The highest BCUT2D eigenvalue weighted by molar-refractivity contribution is 7.47. The SMILES string of the molecule is CCCCCCCCCCCCCCCCCCOC[C@H](COP(=O)(O)OC[C@@]1(C)O[C@@H](c2ccc3c(N)ncnn23)[C@H](O)[C@@H]1O)OCCc1cc(F)cc(C#N)c1. The first-order valence-corrected chi connectivity index (χ1v) is 22.6. The summed E-state index contributed by atoms with van der Waals surface area (Å²) in [6, 6.07) is 9.27. The number of phosphoric ester groups is 1. The number of rotatable bonds is 30. The number of benzene rings is 1. The molecular weight excluding hydrogens is 768 g/mol. The van der Waals surface area contributed by atoms with Crippen molar-refractivity contribution in [3.63, 3.8) is 0 Å². The fourth-order valence-electron chi connectivity index (χ4n) is 7.24. The lowest BCUT2D eigenvalue weighted by atomic mass is 9.97. The fourth-order valence-corrected chi connectivity index (χ4v) is 8.09. The van der Waals surface area contributed by atoms with Gasteiger partial charge in [0.05, 0.1) is 43.8 Å². The van der Waals surface area contributed by atoms with E-state index in [-0.39, 0.29) is 37.6 Å². The van der Waals surface area contributed by atoms with Crippen molar-refractivity contribution in [1.82, 2.24) is 14.6 Å². The lowest BCUT2D eigenvalue weighted by Gasteiger charge is -2.28. The van der Waals surface area contributed by atoms with Gasteiger partial charge in [-0.2, -0.15) is 10.4 Å². The van der Waals surface area contributed by atoms with E-state index in [4.69, 9.17) is 29.0 Å². The number of hydrogen-bond donors (Lipinski definition) is 4. The molecule has 1 aliphatic rings. The highest BCUT2D eigenvalue weighted by atomic mass is 31.2. The maximum absolute atomic E-state index is 14.0. The number of anilines is 1. The Balaban J connectivity index is 1.18. The molecule has 1 saturated heterocycles. The van der Waals surface area contributed by atoms with Crippen LogP contribution in [-0.2, 0) is 34.2 Å². The number of aliphatic hydroxyl groups is 2. The Hall–Kier alpha value is -3.03. The van der Waals surface area contributed by atoms with Crippen molar-refractivity contribution in [3.05, 3.63) is 59.3 Å². The van der Waals surface area contributed by atoms with Crippen LogP contribution in [0, 0.1) is 17.1 Å². The van der Waals surface area contributed by atoms with Crippen LogP contribution < -0.4 is 5.73 Å². The van der Waals surface area contributed by atoms with Crippen LogP contribution in [0.3, 0.4) is 0 Å². The van der Waals surface area contributed by atoms with Crippen molar-refractivity contribution in [1.29, 1.82) is 5.26 Å². The zero-order chi connectivity index (χ0) is 41.8. The summed E-state index contributed by atoms with van der Waals surface area (Å²) in [5.41, 5.74) is 5.96. The fraction of sp³-hybridized carbons (Fsp3) is 0.690. The molecule has 16 heteroatoms. The quantitative estimate of drug-likeness (QED) is 0.0373. The minimum Gasteiger partial charge on any atom is -0.387 e. The minimum atomic E-state index is -4.74. The van der Waals surface area contributed by atoms with Crippen molar-refractivity contribution < 1.29 is 47.3 Å². The molecule has 3 heterocycles. The number of nitrogens with two attached hydrogens (primary N) is 1. The smallest absolute Gasteiger partial charge is 0.387 e. The van der Waals surface area contributed by atoms with Crippen molar-refractivity contribution in [2.24, 2.45) is 0 Å². The number of aromatic nitrogens is 3. The van der Waals surface area contributed by atoms with Gasteiger partial charge in [0.2, 0.25) is 0 Å². The summed E-state index contributed by atoms with van der Waals surface area (Å²) in [5.74, 6) is -0.312. The molecule has 3 aromatic rings. The lowest BCUT2D eigenvalue weighted by molar-refractivity contribution is -0.101. The number of phosphoric acid groups is 1. The van der Waals surface area contributed by atoms with E-state index in [0.717, 1.165) is 25.3 Å². The summed E-state index contributed by atoms with van der Waals surface area (Å²) in [7, 11) is -4.74. The summed E-state index contributed by atoms with van der Waals surface area (Å²) in [4.78, 5) is 14.6. The van der Waals surface area contributed by atoms with Gasteiger partial charge in [0.1, 0.15) is 47.7 Å². The molecule has 0 spiro atoms. The second kappa shape index (κ2) is 24.9. The van der Waals surface area contributed by atoms with Crippen LogP contribution in [0.1, 0.15) is 140 Å². The van der Waals surface area contributed by atoms with Gasteiger partial charge in [0, 0.05) is 6.61 Å². The number of hydrogen-bond acceptors (Lipinski definition) is 12. The van der Waals surface area contributed by atoms with E-state index < -0.39 is 50.3 Å². The third kappa shape index (κ3) is 15.5. The predicted octanol–water partition coefficient (Wildman–Crippen LogP) is 7.91. The van der Waals surface area contributed by atoms with Gasteiger partial charge in [0.25, 0.3) is 0 Å². The Kier molecular flexibility index (Phi) is 20.5. The highest BCUT2D eigenvalue weighted by Crippen LogP contribution is 2.47. The number of aliphatic hydroxyl groups excluding tert-OH is 2. The number of nitriles is 1. The Labute approximate surface area is 342 Å². The summed E-state index contributed by atoms with van der Waals surface area (Å²) in [6.07, 6.45) is 17.1. The number of unbranched alkanes of at least 4 members (excludes halogenated alkanes) is 15. The lowest BCUT2D eigenvalue weighted by Crippen LogP contribution is -2.44. The first-order valence-electron chi connectivity index (χ1n) is 21.1. The first kappa shape index (κ1) is 47.6. The molecule has 2 aromatic heterocycles. The molecule has 5 N–H and O–H groups in total. The van der Waals surface area contributed by atoms with Crippen LogP contribution in [0.15, 0.2) is 36.7 Å². The standard InChI is InChI=1S/C42H65FN5O9P/c1-3-4-5-6-7-8-9-10-11-12-13-14-15-16-17-18-22-53-28-35(54-23-21-32-24-33(27-44)26-34(43)25-32)29-55-58(51,52)56-30-42(2)40(50)38(49)39(57-42)36-19-20-37-41(45)46-31-47-48(36)37/h19-20,24-26,31,35,38-40,49-50H,3-18,21-23,28-30H2,1-2H3,(H,51,52)(H2,45,46,47)/t35-,38+,39+,40+,42-/m1/s1. The molecule has 14 nitrogen and oxygen atoms in total. The van der Waals surface area contributed by atoms with Gasteiger partial charge in [-0.15, -0.1) is 0 Å². The van der Waals surface area contributed by atoms with E-state index in [1.807, 2.05) is 6.07 Å². The van der Waals surface area contributed by atoms with E-state index in [2.05, 4.69) is 17.0 Å². The van der Waals surface area contributed by atoms with Crippen LogP contribution in [0.2, 0.25) is 0 Å². The Morgan fingerprint density at radius 2 is 1.59 bits per heavy atom. The van der Waals surface area contributed by atoms with Crippen LogP contribution in [0.4, 0.5) is 10.2 Å². The molecule has 4 rings (SSSR count). The average Bonchev–Trinajstić information content (AvgIpc) is 3.73. The number of fused-ring (bicyclic) bond motifs is 1. The largest absolute Gasteiger partial charge is 0.472 e. The van der Waals surface area contributed by atoms with Gasteiger partial charge in [-0.05, 0) is 55.7 Å². The Morgan fingerprint density at radius 3 is 2.22 bits per heavy atom. The predicted molar refractivity (Wildman–Crippen MR) is 218 cm³/mol. The molecule has 0 amide bonds. The number of ether oxygens (including phenoxy) is 3. The third-order valence-electron chi connectivity index (χ3n) is 10.7. The molecule has 0 saturated carbocycles. The van der Waals surface area contributed by atoms with Gasteiger partial charge in [-0.3, -0.25) is 9.05 Å². The minimum absolute atomic E-state index is 0.0675. The van der Waals surface area contributed by atoms with Gasteiger partial charge in [0.15, 0.2) is 5.82 Å². The topological polar surface area (TPSA) is 204 Å². The Bertz CT molecular complexity index is 1740. The molecule has 324 valence electrons. The molecular formula is C42H65FN5O9P. The van der Waals surface area contributed by atoms with Crippen LogP contribution in [0.5, 0.6) is 0 Å². The Morgan fingerprint density at radius 1 is 0.948 bits per heavy atom. The summed E-state index contributed by atoms with van der Waals surface area (Å²) >= 11 is 0. The second-order valence-corrected chi connectivity index (χ2v) is 17.1. The molecule has 0 aliphatic carbocycles. The molecule has 0 bridgehead atoms. The van der Waals surface area contributed by atoms with Gasteiger partial charge in [-0.1, -0.05) is 103 Å². The third-order valence-corrected chi connectivity index (χ3v) is 11.6. The molecule has 1 aliphatic heterocycles. The van der Waals surface area contributed by atoms with E-state index in [1.54, 1.807) is 18.2 Å². The number of halogens is 1. The molecule has 58 heavy (non-hydrogen) atoms. The van der Waals surface area contributed by atoms with Crippen LogP contribution >= 0.6 is 7.82 Å². The van der Waals surface area contributed by atoms with E-state index >= 15 is 0 Å². The monoisotopic (exact) mass is 833 g/mol. The molecule has 1 fully saturated rings. The zero-order valence-electron chi connectivity index (χ0n) is 34.3. The van der Waals surface area contributed by atoms with Crippen LogP contribution in [-0.4, -0.2) is 86.7 Å². The molecule has 1 aromatic carbocycles. The maximum Gasteiger partial charge on any atom is 0.472 e. The van der Waals surface area contributed by atoms with Crippen molar-refractivity contribution >= 4 is 19.2 Å². The molecule has 1 unspecified atom stereocenters. The van der Waals surface area contributed by atoms with Gasteiger partial charge >= 0.3 is 7.82 Å².